The highest BCUT2D eigenvalue weighted by atomic mass is 35.5. The van der Waals surface area contributed by atoms with E-state index in [9.17, 15) is 14.7 Å². The molecule has 3 rings (SSSR count). The Morgan fingerprint density at radius 2 is 2.03 bits per heavy atom. The molecular weight excluding hydrogens is 390 g/mol. The zero-order valence-corrected chi connectivity index (χ0v) is 17.1. The number of likely N-dealkylation sites (tertiary alicyclic amines) is 1. The van der Waals surface area contributed by atoms with Crippen molar-refractivity contribution in [2.75, 3.05) is 19.7 Å². The average Bonchev–Trinajstić information content (AvgIpc) is 2.73. The summed E-state index contributed by atoms with van der Waals surface area (Å²) in [5.74, 6) is -0.818. The highest BCUT2D eigenvalue weighted by molar-refractivity contribution is 6.33. The first-order valence-electron chi connectivity index (χ1n) is 9.71. The van der Waals surface area contributed by atoms with Crippen LogP contribution < -0.4 is 4.74 Å². The van der Waals surface area contributed by atoms with Crippen LogP contribution in [-0.4, -0.2) is 41.6 Å². The number of amides is 1. The van der Waals surface area contributed by atoms with Gasteiger partial charge < -0.3 is 14.7 Å². The molecule has 1 atom stereocenters. The molecule has 0 saturated carbocycles. The number of carboxylic acid groups (broad SMARTS) is 1. The molecule has 1 N–H and O–H groups in total. The molecule has 0 aromatic heterocycles. The molecule has 1 amide bonds. The fourth-order valence-electron chi connectivity index (χ4n) is 3.56. The van der Waals surface area contributed by atoms with Gasteiger partial charge in [-0.3, -0.25) is 9.59 Å². The molecule has 2 aromatic carbocycles. The number of hydrogen-bond donors (Lipinski definition) is 1. The first kappa shape index (κ1) is 20.9. The van der Waals surface area contributed by atoms with E-state index < -0.39 is 11.9 Å². The van der Waals surface area contributed by atoms with Gasteiger partial charge in [0, 0.05) is 35.3 Å². The lowest BCUT2D eigenvalue weighted by atomic mass is 9.97. The summed E-state index contributed by atoms with van der Waals surface area (Å²) < 4.78 is 5.74. The lowest BCUT2D eigenvalue weighted by molar-refractivity contribution is -0.144. The van der Waals surface area contributed by atoms with Gasteiger partial charge in [0.05, 0.1) is 12.5 Å². The zero-order chi connectivity index (χ0) is 20.8. The van der Waals surface area contributed by atoms with Crippen LogP contribution in [0.1, 0.15) is 25.3 Å². The quantitative estimate of drug-likeness (QED) is 0.694. The monoisotopic (exact) mass is 413 g/mol. The van der Waals surface area contributed by atoms with Crippen LogP contribution in [0.4, 0.5) is 0 Å². The van der Waals surface area contributed by atoms with Crippen LogP contribution in [0, 0.1) is 5.92 Å². The SMILES string of the molecule is CCOc1ccccc1-c1c(Cl)cccc1C=CC(=O)N1CCCC(C(=O)O)C1. The van der Waals surface area contributed by atoms with E-state index in [0.29, 0.717) is 31.0 Å². The maximum Gasteiger partial charge on any atom is 0.308 e. The van der Waals surface area contributed by atoms with Crippen molar-refractivity contribution in [1.82, 2.24) is 4.90 Å². The number of carbonyl (C=O) groups excluding carboxylic acids is 1. The second-order valence-corrected chi connectivity index (χ2v) is 7.34. The van der Waals surface area contributed by atoms with Gasteiger partial charge in [-0.1, -0.05) is 41.9 Å². The molecule has 6 heteroatoms. The topological polar surface area (TPSA) is 66.8 Å². The van der Waals surface area contributed by atoms with E-state index in [2.05, 4.69) is 0 Å². The minimum Gasteiger partial charge on any atom is -0.493 e. The number of ether oxygens (including phenoxy) is 1. The van der Waals surface area contributed by atoms with E-state index in [4.69, 9.17) is 16.3 Å². The van der Waals surface area contributed by atoms with E-state index in [1.807, 2.05) is 43.3 Å². The number of hydrogen-bond acceptors (Lipinski definition) is 3. The summed E-state index contributed by atoms with van der Waals surface area (Å²) in [7, 11) is 0. The van der Waals surface area contributed by atoms with Crippen LogP contribution in [0.5, 0.6) is 5.75 Å². The maximum atomic E-state index is 12.6. The molecule has 0 radical (unpaired) electrons. The van der Waals surface area contributed by atoms with Crippen LogP contribution in [0.25, 0.3) is 17.2 Å². The number of nitrogens with zero attached hydrogens (tertiary/aromatic N) is 1. The Kier molecular flexibility index (Phi) is 6.94. The Hall–Kier alpha value is -2.79. The third kappa shape index (κ3) is 4.98. The molecule has 1 fully saturated rings. The van der Waals surface area contributed by atoms with Crippen LogP contribution >= 0.6 is 11.6 Å². The van der Waals surface area contributed by atoms with E-state index in [1.165, 1.54) is 6.08 Å². The summed E-state index contributed by atoms with van der Waals surface area (Å²) in [5, 5.41) is 9.79. The summed E-state index contributed by atoms with van der Waals surface area (Å²) in [6.45, 7) is 3.27. The second kappa shape index (κ2) is 9.61. The number of benzene rings is 2. The molecule has 1 unspecified atom stereocenters. The fourth-order valence-corrected chi connectivity index (χ4v) is 3.85. The molecular formula is C23H24ClNO4. The standard InChI is InChI=1S/C23H24ClNO4/c1-2-29-20-11-4-3-9-18(20)22-16(7-5-10-19(22)24)12-13-21(26)25-14-6-8-17(15-25)23(27)28/h3-5,7,9-13,17H,2,6,8,14-15H2,1H3,(H,27,28). The number of aliphatic carboxylic acids is 1. The average molecular weight is 414 g/mol. The van der Waals surface area contributed by atoms with Crippen molar-refractivity contribution >= 4 is 29.6 Å². The van der Waals surface area contributed by atoms with E-state index in [1.54, 1.807) is 17.0 Å². The summed E-state index contributed by atoms with van der Waals surface area (Å²) in [4.78, 5) is 25.5. The lowest BCUT2D eigenvalue weighted by Crippen LogP contribution is -2.41. The second-order valence-electron chi connectivity index (χ2n) is 6.93. The van der Waals surface area contributed by atoms with Crippen molar-refractivity contribution in [3.05, 3.63) is 59.1 Å². The summed E-state index contributed by atoms with van der Waals surface area (Å²) >= 11 is 6.50. The van der Waals surface area contributed by atoms with Crippen molar-refractivity contribution in [3.63, 3.8) is 0 Å². The van der Waals surface area contributed by atoms with Crippen LogP contribution in [-0.2, 0) is 9.59 Å². The van der Waals surface area contributed by atoms with Gasteiger partial charge in [-0.25, -0.2) is 0 Å². The van der Waals surface area contributed by atoms with Crippen LogP contribution in [0.15, 0.2) is 48.5 Å². The molecule has 0 bridgehead atoms. The Morgan fingerprint density at radius 1 is 1.24 bits per heavy atom. The van der Waals surface area contributed by atoms with Crippen molar-refractivity contribution in [2.45, 2.75) is 19.8 Å². The van der Waals surface area contributed by atoms with Gasteiger partial charge in [-0.05, 0) is 43.5 Å². The molecule has 1 heterocycles. The highest BCUT2D eigenvalue weighted by Gasteiger charge is 2.27. The first-order chi connectivity index (χ1) is 14.0. The summed E-state index contributed by atoms with van der Waals surface area (Å²) in [6.07, 6.45) is 4.52. The maximum absolute atomic E-state index is 12.6. The normalized spacial score (nSPS) is 16.8. The Balaban J connectivity index is 1.88. The van der Waals surface area contributed by atoms with Crippen LogP contribution in [0.2, 0.25) is 5.02 Å². The fraction of sp³-hybridized carbons (Fsp3) is 0.304. The number of halogens is 1. The number of piperidine rings is 1. The van der Waals surface area contributed by atoms with Crippen molar-refractivity contribution < 1.29 is 19.4 Å². The molecule has 1 aliphatic rings. The number of para-hydroxylation sites is 1. The third-order valence-electron chi connectivity index (χ3n) is 4.99. The van der Waals surface area contributed by atoms with Gasteiger partial charge in [0.15, 0.2) is 0 Å². The van der Waals surface area contributed by atoms with Crippen molar-refractivity contribution in [1.29, 1.82) is 0 Å². The largest absolute Gasteiger partial charge is 0.493 e. The highest BCUT2D eigenvalue weighted by Crippen LogP contribution is 2.38. The molecule has 1 aliphatic heterocycles. The number of carbonyl (C=O) groups is 2. The Labute approximate surface area is 175 Å². The summed E-state index contributed by atoms with van der Waals surface area (Å²) in [5.41, 5.74) is 2.45. The van der Waals surface area contributed by atoms with E-state index in [-0.39, 0.29) is 12.5 Å². The Bertz CT molecular complexity index is 925. The van der Waals surface area contributed by atoms with Gasteiger partial charge in [0.2, 0.25) is 5.91 Å². The van der Waals surface area contributed by atoms with Gasteiger partial charge in [0.25, 0.3) is 0 Å². The minimum absolute atomic E-state index is 0.194. The molecule has 0 aliphatic carbocycles. The minimum atomic E-state index is -0.851. The van der Waals surface area contributed by atoms with Gasteiger partial charge in [-0.15, -0.1) is 0 Å². The van der Waals surface area contributed by atoms with Gasteiger partial charge in [-0.2, -0.15) is 0 Å². The number of carboxylic acids is 1. The third-order valence-corrected chi connectivity index (χ3v) is 5.30. The molecule has 29 heavy (non-hydrogen) atoms. The number of rotatable bonds is 6. The molecule has 2 aromatic rings. The van der Waals surface area contributed by atoms with E-state index in [0.717, 1.165) is 22.4 Å². The Morgan fingerprint density at radius 3 is 2.79 bits per heavy atom. The van der Waals surface area contributed by atoms with E-state index >= 15 is 0 Å². The lowest BCUT2D eigenvalue weighted by Gasteiger charge is -2.29. The molecule has 0 spiro atoms. The van der Waals surface area contributed by atoms with Crippen LogP contribution in [0.3, 0.4) is 0 Å². The van der Waals surface area contributed by atoms with Gasteiger partial charge >= 0.3 is 5.97 Å². The summed E-state index contributed by atoms with van der Waals surface area (Å²) in [6, 6.07) is 13.2. The zero-order valence-electron chi connectivity index (χ0n) is 16.3. The molecule has 1 saturated heterocycles. The smallest absolute Gasteiger partial charge is 0.308 e. The molecule has 5 nitrogen and oxygen atoms in total. The predicted octanol–water partition coefficient (Wildman–Crippen LogP) is 4.74. The van der Waals surface area contributed by atoms with Crippen molar-refractivity contribution in [2.24, 2.45) is 5.92 Å². The molecule has 152 valence electrons. The predicted molar refractivity (Wildman–Crippen MR) is 114 cm³/mol. The van der Waals surface area contributed by atoms with Crippen molar-refractivity contribution in [3.8, 4) is 16.9 Å². The first-order valence-corrected chi connectivity index (χ1v) is 10.1. The van der Waals surface area contributed by atoms with Gasteiger partial charge in [0.1, 0.15) is 5.75 Å².